The van der Waals surface area contributed by atoms with E-state index in [9.17, 15) is 9.59 Å². The van der Waals surface area contributed by atoms with Gasteiger partial charge in [-0.25, -0.2) is 0 Å². The number of hydrogen-bond donors (Lipinski definition) is 1. The molecule has 0 radical (unpaired) electrons. The number of para-hydroxylation sites is 1. The summed E-state index contributed by atoms with van der Waals surface area (Å²) < 4.78 is 5.50. The molecule has 1 fully saturated rings. The summed E-state index contributed by atoms with van der Waals surface area (Å²) in [6.45, 7) is 1.91. The number of nitrogens with zero attached hydrogens (tertiary/aromatic N) is 1. The Kier molecular flexibility index (Phi) is 4.61. The predicted octanol–water partition coefficient (Wildman–Crippen LogP) is 3.11. The van der Waals surface area contributed by atoms with Crippen molar-refractivity contribution < 1.29 is 14.3 Å². The van der Waals surface area contributed by atoms with Gasteiger partial charge in [0.2, 0.25) is 5.91 Å². The van der Waals surface area contributed by atoms with Crippen LogP contribution in [0.4, 0.5) is 5.69 Å². The van der Waals surface area contributed by atoms with Gasteiger partial charge in [-0.2, -0.15) is 0 Å². The number of fused-ring (bicyclic) bond motifs is 1. The highest BCUT2D eigenvalue weighted by Gasteiger charge is 2.28. The van der Waals surface area contributed by atoms with E-state index in [1.807, 2.05) is 53.4 Å². The highest BCUT2D eigenvalue weighted by atomic mass is 16.5. The summed E-state index contributed by atoms with van der Waals surface area (Å²) >= 11 is 0. The van der Waals surface area contributed by atoms with Crippen LogP contribution in [0.2, 0.25) is 0 Å². The average molecular weight is 350 g/mol. The Labute approximate surface area is 153 Å². The van der Waals surface area contributed by atoms with Gasteiger partial charge < -0.3 is 15.0 Å². The monoisotopic (exact) mass is 350 g/mol. The van der Waals surface area contributed by atoms with Crippen LogP contribution in [0, 0.1) is 5.92 Å². The molecule has 4 rings (SSSR count). The van der Waals surface area contributed by atoms with Crippen LogP contribution in [0.15, 0.2) is 48.5 Å². The third-order valence-corrected chi connectivity index (χ3v) is 5.13. The quantitative estimate of drug-likeness (QED) is 0.925. The number of amides is 2. The fourth-order valence-electron chi connectivity index (χ4n) is 3.61. The Morgan fingerprint density at radius 1 is 1.04 bits per heavy atom. The van der Waals surface area contributed by atoms with Crippen molar-refractivity contribution in [2.45, 2.75) is 19.3 Å². The average Bonchev–Trinajstić information content (AvgIpc) is 3.16. The minimum Gasteiger partial charge on any atom is -0.493 e. The van der Waals surface area contributed by atoms with Crippen molar-refractivity contribution >= 4 is 17.5 Å². The van der Waals surface area contributed by atoms with Gasteiger partial charge in [-0.3, -0.25) is 9.59 Å². The van der Waals surface area contributed by atoms with Crippen LogP contribution in [-0.4, -0.2) is 36.4 Å². The van der Waals surface area contributed by atoms with E-state index in [4.69, 9.17) is 4.74 Å². The zero-order valence-electron chi connectivity index (χ0n) is 14.6. The lowest BCUT2D eigenvalue weighted by atomic mass is 9.95. The molecule has 26 heavy (non-hydrogen) atoms. The molecule has 1 N–H and O–H groups in total. The summed E-state index contributed by atoms with van der Waals surface area (Å²) in [7, 11) is 0. The van der Waals surface area contributed by atoms with E-state index in [1.165, 1.54) is 0 Å². The molecule has 2 amide bonds. The summed E-state index contributed by atoms with van der Waals surface area (Å²) in [4.78, 5) is 27.0. The first-order valence-corrected chi connectivity index (χ1v) is 9.11. The van der Waals surface area contributed by atoms with Crippen LogP contribution in [0.1, 0.15) is 28.8 Å². The lowest BCUT2D eigenvalue weighted by Crippen LogP contribution is -2.41. The number of carbonyl (C=O) groups excluding carboxylic acids is 2. The molecule has 1 saturated heterocycles. The summed E-state index contributed by atoms with van der Waals surface area (Å²) in [5.74, 6) is 0.921. The minimum atomic E-state index is -0.0484. The van der Waals surface area contributed by atoms with Crippen molar-refractivity contribution in [3.63, 3.8) is 0 Å². The molecule has 2 aliphatic rings. The first-order valence-electron chi connectivity index (χ1n) is 9.11. The molecular formula is C21H22N2O3. The molecule has 0 spiro atoms. The SMILES string of the molecule is O=C(Nc1ccccc1)C1CCN(C(=O)c2ccc3c(c2)CCO3)CC1. The summed E-state index contributed by atoms with van der Waals surface area (Å²) in [6, 6.07) is 15.2. The number of ether oxygens (including phenoxy) is 1. The number of carbonyl (C=O) groups is 2. The van der Waals surface area contributed by atoms with Crippen molar-refractivity contribution in [1.82, 2.24) is 4.90 Å². The minimum absolute atomic E-state index is 0.0398. The van der Waals surface area contributed by atoms with Gasteiger partial charge in [0.1, 0.15) is 5.75 Å². The molecule has 134 valence electrons. The molecule has 2 aliphatic heterocycles. The van der Waals surface area contributed by atoms with E-state index in [2.05, 4.69) is 5.32 Å². The maximum absolute atomic E-state index is 12.8. The number of hydrogen-bond acceptors (Lipinski definition) is 3. The van der Waals surface area contributed by atoms with Crippen LogP contribution in [-0.2, 0) is 11.2 Å². The third-order valence-electron chi connectivity index (χ3n) is 5.13. The number of piperidine rings is 1. The Bertz CT molecular complexity index is 811. The van der Waals surface area contributed by atoms with Crippen LogP contribution in [0.25, 0.3) is 0 Å². The molecular weight excluding hydrogens is 328 g/mol. The largest absolute Gasteiger partial charge is 0.493 e. The maximum atomic E-state index is 12.8. The van der Waals surface area contributed by atoms with Gasteiger partial charge in [-0.1, -0.05) is 18.2 Å². The Balaban J connectivity index is 1.34. The first kappa shape index (κ1) is 16.6. The summed E-state index contributed by atoms with van der Waals surface area (Å²) in [5, 5.41) is 2.96. The normalized spacial score (nSPS) is 16.7. The lowest BCUT2D eigenvalue weighted by molar-refractivity contribution is -0.121. The van der Waals surface area contributed by atoms with E-state index < -0.39 is 0 Å². The van der Waals surface area contributed by atoms with E-state index in [1.54, 1.807) is 0 Å². The number of rotatable bonds is 3. The molecule has 0 bridgehead atoms. The van der Waals surface area contributed by atoms with Gasteiger partial charge in [0.05, 0.1) is 6.61 Å². The Hall–Kier alpha value is -2.82. The second-order valence-electron chi connectivity index (χ2n) is 6.84. The standard InChI is InChI=1S/C21H22N2O3/c24-20(22-18-4-2-1-3-5-18)15-8-11-23(12-9-15)21(25)17-6-7-19-16(14-17)10-13-26-19/h1-7,14-15H,8-13H2,(H,22,24). The highest BCUT2D eigenvalue weighted by molar-refractivity contribution is 5.95. The lowest BCUT2D eigenvalue weighted by Gasteiger charge is -2.31. The maximum Gasteiger partial charge on any atom is 0.253 e. The van der Waals surface area contributed by atoms with Crippen molar-refractivity contribution in [3.05, 3.63) is 59.7 Å². The van der Waals surface area contributed by atoms with E-state index in [0.717, 1.165) is 23.4 Å². The Morgan fingerprint density at radius 3 is 2.58 bits per heavy atom. The van der Waals surface area contributed by atoms with E-state index in [-0.39, 0.29) is 17.7 Å². The summed E-state index contributed by atoms with van der Waals surface area (Å²) in [6.07, 6.45) is 2.25. The number of likely N-dealkylation sites (tertiary alicyclic amines) is 1. The number of nitrogens with one attached hydrogen (secondary N) is 1. The van der Waals surface area contributed by atoms with Gasteiger partial charge in [0, 0.05) is 36.7 Å². The second kappa shape index (κ2) is 7.20. The molecule has 0 atom stereocenters. The van der Waals surface area contributed by atoms with Crippen molar-refractivity contribution in [2.75, 3.05) is 25.0 Å². The van der Waals surface area contributed by atoms with Gasteiger partial charge in [0.15, 0.2) is 0 Å². The van der Waals surface area contributed by atoms with E-state index >= 15 is 0 Å². The van der Waals surface area contributed by atoms with Gasteiger partial charge in [0.25, 0.3) is 5.91 Å². The molecule has 2 heterocycles. The van der Waals surface area contributed by atoms with Crippen molar-refractivity contribution in [3.8, 4) is 5.75 Å². The van der Waals surface area contributed by atoms with Crippen molar-refractivity contribution in [2.24, 2.45) is 5.92 Å². The third kappa shape index (κ3) is 3.43. The van der Waals surface area contributed by atoms with Gasteiger partial charge >= 0.3 is 0 Å². The fourth-order valence-corrected chi connectivity index (χ4v) is 3.61. The fraction of sp³-hybridized carbons (Fsp3) is 0.333. The molecule has 5 heteroatoms. The zero-order valence-corrected chi connectivity index (χ0v) is 14.6. The van der Waals surface area contributed by atoms with Crippen molar-refractivity contribution in [1.29, 1.82) is 0 Å². The first-order chi connectivity index (χ1) is 12.7. The topological polar surface area (TPSA) is 58.6 Å². The molecule has 5 nitrogen and oxygen atoms in total. The molecule has 0 unspecified atom stereocenters. The number of benzene rings is 2. The van der Waals surface area contributed by atoms with Crippen LogP contribution in [0.5, 0.6) is 5.75 Å². The number of anilines is 1. The highest BCUT2D eigenvalue weighted by Crippen LogP contribution is 2.27. The second-order valence-corrected chi connectivity index (χ2v) is 6.84. The smallest absolute Gasteiger partial charge is 0.253 e. The summed E-state index contributed by atoms with van der Waals surface area (Å²) in [5.41, 5.74) is 2.63. The van der Waals surface area contributed by atoms with Crippen LogP contribution in [0.3, 0.4) is 0 Å². The molecule has 2 aromatic rings. The molecule has 0 saturated carbocycles. The van der Waals surface area contributed by atoms with Gasteiger partial charge in [-0.15, -0.1) is 0 Å². The zero-order chi connectivity index (χ0) is 17.9. The molecule has 0 aromatic heterocycles. The predicted molar refractivity (Wildman–Crippen MR) is 99.3 cm³/mol. The molecule has 0 aliphatic carbocycles. The van der Waals surface area contributed by atoms with Crippen LogP contribution < -0.4 is 10.1 Å². The Morgan fingerprint density at radius 2 is 1.81 bits per heavy atom. The van der Waals surface area contributed by atoms with Gasteiger partial charge in [-0.05, 0) is 48.7 Å². The van der Waals surface area contributed by atoms with E-state index in [0.29, 0.717) is 38.1 Å². The van der Waals surface area contributed by atoms with Crippen LogP contribution >= 0.6 is 0 Å². The molecule has 2 aromatic carbocycles.